The van der Waals surface area contributed by atoms with Crippen LogP contribution in [0.3, 0.4) is 0 Å². The highest BCUT2D eigenvalue weighted by Gasteiger charge is 2.13. The lowest BCUT2D eigenvalue weighted by atomic mass is 10.1. The van der Waals surface area contributed by atoms with Crippen molar-refractivity contribution in [3.63, 3.8) is 0 Å². The summed E-state index contributed by atoms with van der Waals surface area (Å²) in [7, 11) is 0. The van der Waals surface area contributed by atoms with E-state index >= 15 is 0 Å². The molecule has 74 valence electrons. The lowest BCUT2D eigenvalue weighted by Crippen LogP contribution is -2.25. The minimum Gasteiger partial charge on any atom is -0.495 e. The molecule has 5 nitrogen and oxygen atoms in total. The van der Waals surface area contributed by atoms with Gasteiger partial charge in [0.2, 0.25) is 0 Å². The quantitative estimate of drug-likeness (QED) is 0.586. The average molecular weight is 194 g/mol. The molecular weight excluding hydrogens is 184 g/mol. The summed E-state index contributed by atoms with van der Waals surface area (Å²) in [5, 5.41) is 9.08. The predicted molar refractivity (Wildman–Crippen MR) is 51.1 cm³/mol. The molecule has 1 aromatic heterocycles. The Bertz CT molecular complexity index is 434. The number of nitrogens with one attached hydrogen (secondary N) is 1. The SMILES string of the molecule is C=CCc1cc(O)[nH]c(=O)c1C(N)=O. The molecule has 1 rings (SSSR count). The molecule has 0 fully saturated rings. The van der Waals surface area contributed by atoms with E-state index in [1.54, 1.807) is 0 Å². The Balaban J connectivity index is 3.43. The van der Waals surface area contributed by atoms with Crippen LogP contribution in [0.15, 0.2) is 23.5 Å². The summed E-state index contributed by atoms with van der Waals surface area (Å²) in [6.07, 6.45) is 1.82. The highest BCUT2D eigenvalue weighted by Crippen LogP contribution is 2.10. The summed E-state index contributed by atoms with van der Waals surface area (Å²) in [6.45, 7) is 3.47. The van der Waals surface area contributed by atoms with Crippen molar-refractivity contribution in [2.45, 2.75) is 6.42 Å². The van der Waals surface area contributed by atoms with Gasteiger partial charge in [-0.1, -0.05) is 6.08 Å². The summed E-state index contributed by atoms with van der Waals surface area (Å²) >= 11 is 0. The maximum atomic E-state index is 11.2. The summed E-state index contributed by atoms with van der Waals surface area (Å²) < 4.78 is 0. The van der Waals surface area contributed by atoms with Gasteiger partial charge in [-0.2, -0.15) is 0 Å². The largest absolute Gasteiger partial charge is 0.495 e. The van der Waals surface area contributed by atoms with E-state index in [1.807, 2.05) is 0 Å². The summed E-state index contributed by atoms with van der Waals surface area (Å²) in [5.74, 6) is -1.11. The highest BCUT2D eigenvalue weighted by molar-refractivity contribution is 5.94. The number of amides is 1. The molecule has 14 heavy (non-hydrogen) atoms. The molecule has 1 aromatic rings. The van der Waals surface area contributed by atoms with Gasteiger partial charge >= 0.3 is 0 Å². The smallest absolute Gasteiger partial charge is 0.263 e. The molecule has 5 heteroatoms. The molecule has 0 atom stereocenters. The van der Waals surface area contributed by atoms with E-state index in [-0.39, 0.29) is 11.4 Å². The highest BCUT2D eigenvalue weighted by atomic mass is 16.3. The number of carbonyl (C=O) groups excluding carboxylic acids is 1. The summed E-state index contributed by atoms with van der Waals surface area (Å²) in [5.41, 5.74) is 4.57. The fourth-order valence-electron chi connectivity index (χ4n) is 1.18. The van der Waals surface area contributed by atoms with Crippen molar-refractivity contribution in [1.29, 1.82) is 0 Å². The monoisotopic (exact) mass is 194 g/mol. The number of rotatable bonds is 3. The van der Waals surface area contributed by atoms with Gasteiger partial charge in [0.05, 0.1) is 0 Å². The van der Waals surface area contributed by atoms with Crippen LogP contribution in [0.2, 0.25) is 0 Å². The topological polar surface area (TPSA) is 96.2 Å². The van der Waals surface area contributed by atoms with E-state index in [2.05, 4.69) is 11.6 Å². The van der Waals surface area contributed by atoms with Crippen LogP contribution in [0.4, 0.5) is 0 Å². The maximum absolute atomic E-state index is 11.2. The molecule has 0 bridgehead atoms. The third kappa shape index (κ3) is 1.82. The Kier molecular flexibility index (Phi) is 2.71. The first-order valence-corrected chi connectivity index (χ1v) is 3.92. The second-order valence-electron chi connectivity index (χ2n) is 2.74. The number of pyridine rings is 1. The number of hydrogen-bond acceptors (Lipinski definition) is 3. The fraction of sp³-hybridized carbons (Fsp3) is 0.111. The van der Waals surface area contributed by atoms with Gasteiger partial charge in [-0.15, -0.1) is 6.58 Å². The zero-order valence-corrected chi connectivity index (χ0v) is 7.41. The Labute approximate surface area is 79.9 Å². The van der Waals surface area contributed by atoms with Gasteiger partial charge in [-0.3, -0.25) is 14.6 Å². The molecule has 0 radical (unpaired) electrons. The number of aromatic nitrogens is 1. The van der Waals surface area contributed by atoms with Gasteiger partial charge < -0.3 is 10.8 Å². The van der Waals surface area contributed by atoms with Crippen LogP contribution in [0, 0.1) is 0 Å². The number of aromatic hydroxyl groups is 1. The summed E-state index contributed by atoms with van der Waals surface area (Å²) in [6, 6.07) is 1.28. The van der Waals surface area contributed by atoms with E-state index < -0.39 is 11.5 Å². The lowest BCUT2D eigenvalue weighted by molar-refractivity contribution is 0.0998. The van der Waals surface area contributed by atoms with Gasteiger partial charge in [0, 0.05) is 6.07 Å². The molecule has 1 heterocycles. The number of nitrogens with two attached hydrogens (primary N) is 1. The number of aromatic amines is 1. The molecule has 0 aromatic carbocycles. The third-order valence-electron chi connectivity index (χ3n) is 1.71. The van der Waals surface area contributed by atoms with E-state index in [0.29, 0.717) is 12.0 Å². The zero-order valence-electron chi connectivity index (χ0n) is 7.41. The molecule has 1 amide bonds. The van der Waals surface area contributed by atoms with Crippen LogP contribution in [-0.4, -0.2) is 16.0 Å². The van der Waals surface area contributed by atoms with Crippen LogP contribution in [0.1, 0.15) is 15.9 Å². The number of H-pyrrole nitrogens is 1. The van der Waals surface area contributed by atoms with Crippen LogP contribution in [-0.2, 0) is 6.42 Å². The standard InChI is InChI=1S/C9H10N2O3/c1-2-3-5-4-6(12)11-9(14)7(5)8(10)13/h2,4H,1,3H2,(H2,10,13)(H2,11,12,14). The molecule has 0 aliphatic heterocycles. The predicted octanol–water partition coefficient (Wildman–Crippen LogP) is -0.0921. The average Bonchev–Trinajstić information content (AvgIpc) is 2.01. The molecule has 0 aliphatic carbocycles. The fourth-order valence-corrected chi connectivity index (χ4v) is 1.18. The number of allylic oxidation sites excluding steroid dienone is 1. The normalized spacial score (nSPS) is 9.71. The Morgan fingerprint density at radius 2 is 2.36 bits per heavy atom. The first kappa shape index (κ1) is 10.0. The van der Waals surface area contributed by atoms with E-state index in [4.69, 9.17) is 10.8 Å². The minimum absolute atomic E-state index is 0.136. The zero-order chi connectivity index (χ0) is 10.7. The van der Waals surface area contributed by atoms with Crippen molar-refractivity contribution in [2.75, 3.05) is 0 Å². The van der Waals surface area contributed by atoms with Gasteiger partial charge in [-0.05, 0) is 12.0 Å². The van der Waals surface area contributed by atoms with E-state index in [1.165, 1.54) is 12.1 Å². The first-order chi connectivity index (χ1) is 6.56. The minimum atomic E-state index is -0.817. The number of primary amides is 1. The van der Waals surface area contributed by atoms with Crippen molar-refractivity contribution in [3.8, 4) is 5.88 Å². The van der Waals surface area contributed by atoms with Gasteiger partial charge in [-0.25, -0.2) is 0 Å². The lowest BCUT2D eigenvalue weighted by Gasteiger charge is -2.03. The number of hydrogen-bond donors (Lipinski definition) is 3. The van der Waals surface area contributed by atoms with E-state index in [9.17, 15) is 9.59 Å². The maximum Gasteiger partial charge on any atom is 0.263 e. The van der Waals surface area contributed by atoms with E-state index in [0.717, 1.165) is 0 Å². The van der Waals surface area contributed by atoms with Crippen molar-refractivity contribution in [1.82, 2.24) is 4.98 Å². The number of carbonyl (C=O) groups is 1. The van der Waals surface area contributed by atoms with Crippen LogP contribution in [0.25, 0.3) is 0 Å². The first-order valence-electron chi connectivity index (χ1n) is 3.92. The molecule has 0 saturated carbocycles. The molecular formula is C9H10N2O3. The Hall–Kier alpha value is -2.04. The van der Waals surface area contributed by atoms with Crippen LogP contribution >= 0.6 is 0 Å². The van der Waals surface area contributed by atoms with Crippen molar-refractivity contribution < 1.29 is 9.90 Å². The second-order valence-corrected chi connectivity index (χ2v) is 2.74. The Morgan fingerprint density at radius 3 is 2.86 bits per heavy atom. The Morgan fingerprint density at radius 1 is 1.71 bits per heavy atom. The molecule has 0 saturated heterocycles. The van der Waals surface area contributed by atoms with Crippen molar-refractivity contribution >= 4 is 5.91 Å². The van der Waals surface area contributed by atoms with Crippen molar-refractivity contribution in [2.24, 2.45) is 5.73 Å². The van der Waals surface area contributed by atoms with Gasteiger partial charge in [0.15, 0.2) is 5.88 Å². The molecule has 0 aliphatic rings. The molecule has 4 N–H and O–H groups in total. The van der Waals surface area contributed by atoms with Gasteiger partial charge in [0.25, 0.3) is 11.5 Å². The van der Waals surface area contributed by atoms with Crippen LogP contribution < -0.4 is 11.3 Å². The third-order valence-corrected chi connectivity index (χ3v) is 1.71. The summed E-state index contributed by atoms with van der Waals surface area (Å²) in [4.78, 5) is 24.2. The van der Waals surface area contributed by atoms with Crippen LogP contribution in [0.5, 0.6) is 5.88 Å². The molecule has 0 spiro atoms. The van der Waals surface area contributed by atoms with Gasteiger partial charge in [0.1, 0.15) is 5.56 Å². The molecule has 0 unspecified atom stereocenters. The second kappa shape index (κ2) is 3.78. The van der Waals surface area contributed by atoms with Crippen molar-refractivity contribution in [3.05, 3.63) is 40.2 Å².